The molecule has 0 bridgehead atoms. The van der Waals surface area contributed by atoms with Gasteiger partial charge in [0.05, 0.1) is 5.92 Å². The van der Waals surface area contributed by atoms with E-state index >= 15 is 0 Å². The average molecular weight is 266 g/mol. The van der Waals surface area contributed by atoms with Gasteiger partial charge in [0.25, 0.3) is 0 Å². The molecule has 5 heteroatoms. The lowest BCUT2D eigenvalue weighted by Gasteiger charge is -2.38. The van der Waals surface area contributed by atoms with Crippen LogP contribution in [0.5, 0.6) is 0 Å². The Bertz CT molecular complexity index is 356. The Hall–Kier alpha value is -1.36. The molecule has 1 aliphatic carbocycles. The monoisotopic (exact) mass is 266 g/mol. The van der Waals surface area contributed by atoms with Gasteiger partial charge < -0.3 is 15.3 Å². The first-order valence-electron chi connectivity index (χ1n) is 6.96. The number of amides is 2. The number of hydrogen-bond acceptors (Lipinski definition) is 3. The molecule has 106 valence electrons. The summed E-state index contributed by atoms with van der Waals surface area (Å²) in [6.07, 6.45) is 5.13. The Balaban J connectivity index is 1.69. The average Bonchev–Trinajstić information content (AvgIpc) is 2.37. The summed E-state index contributed by atoms with van der Waals surface area (Å²) in [6, 6.07) is 0.236. The molecule has 0 aromatic heterocycles. The smallest absolute Gasteiger partial charge is 0.246 e. The molecule has 0 aromatic rings. The number of hydrogen-bond donors (Lipinski definition) is 2. The molecule has 0 aromatic carbocycles. The number of nitrogens with one attached hydrogen (secondary N) is 1. The van der Waals surface area contributed by atoms with Crippen LogP contribution in [0, 0.1) is 11.8 Å². The number of carbonyl (C=O) groups excluding carboxylic acids is 2. The molecule has 1 saturated heterocycles. The van der Waals surface area contributed by atoms with Crippen molar-refractivity contribution in [2.75, 3.05) is 19.7 Å². The highest BCUT2D eigenvalue weighted by Gasteiger charge is 2.35. The van der Waals surface area contributed by atoms with Crippen LogP contribution >= 0.6 is 0 Å². The van der Waals surface area contributed by atoms with Crippen molar-refractivity contribution in [3.05, 3.63) is 12.7 Å². The summed E-state index contributed by atoms with van der Waals surface area (Å²) in [5.74, 6) is 0.282. The fourth-order valence-corrected chi connectivity index (χ4v) is 2.76. The minimum atomic E-state index is -0.104. The van der Waals surface area contributed by atoms with Gasteiger partial charge in [-0.05, 0) is 37.7 Å². The van der Waals surface area contributed by atoms with Crippen LogP contribution in [0.3, 0.4) is 0 Å². The van der Waals surface area contributed by atoms with Crippen molar-refractivity contribution in [1.82, 2.24) is 10.2 Å². The molecule has 0 radical (unpaired) electrons. The lowest BCUT2D eigenvalue weighted by Crippen LogP contribution is -2.56. The third-order valence-electron chi connectivity index (χ3n) is 4.19. The number of likely N-dealkylation sites (tertiary alicyclic amines) is 1. The normalized spacial score (nSPS) is 27.5. The van der Waals surface area contributed by atoms with E-state index in [9.17, 15) is 9.59 Å². The van der Waals surface area contributed by atoms with Crippen molar-refractivity contribution < 1.29 is 14.7 Å². The van der Waals surface area contributed by atoms with E-state index in [1.165, 1.54) is 6.08 Å². The summed E-state index contributed by atoms with van der Waals surface area (Å²) < 4.78 is 0. The van der Waals surface area contributed by atoms with E-state index in [-0.39, 0.29) is 30.4 Å². The molecule has 2 aliphatic rings. The molecule has 2 N–H and O–H groups in total. The zero-order chi connectivity index (χ0) is 13.8. The molecule has 0 spiro atoms. The van der Waals surface area contributed by atoms with Gasteiger partial charge in [-0.2, -0.15) is 0 Å². The zero-order valence-electron chi connectivity index (χ0n) is 11.2. The van der Waals surface area contributed by atoms with Crippen molar-refractivity contribution in [2.24, 2.45) is 11.8 Å². The highest BCUT2D eigenvalue weighted by molar-refractivity contribution is 5.90. The van der Waals surface area contributed by atoms with Crippen molar-refractivity contribution >= 4 is 11.8 Å². The Morgan fingerprint density at radius 2 is 1.89 bits per heavy atom. The molecule has 0 atom stereocenters. The lowest BCUT2D eigenvalue weighted by atomic mass is 9.86. The Morgan fingerprint density at radius 1 is 1.26 bits per heavy atom. The fourth-order valence-electron chi connectivity index (χ4n) is 2.76. The lowest BCUT2D eigenvalue weighted by molar-refractivity contribution is -0.139. The maximum Gasteiger partial charge on any atom is 0.246 e. The summed E-state index contributed by atoms with van der Waals surface area (Å²) in [5.41, 5.74) is 0. The van der Waals surface area contributed by atoms with Gasteiger partial charge in [-0.15, -0.1) is 0 Å². The second-order valence-electron chi connectivity index (χ2n) is 5.55. The summed E-state index contributed by atoms with van der Waals surface area (Å²) in [5, 5.41) is 12.1. The van der Waals surface area contributed by atoms with Crippen LogP contribution in [0.15, 0.2) is 12.7 Å². The van der Waals surface area contributed by atoms with Crippen LogP contribution in [0.25, 0.3) is 0 Å². The summed E-state index contributed by atoms with van der Waals surface area (Å²) in [4.78, 5) is 24.9. The number of carbonyl (C=O) groups is 2. The van der Waals surface area contributed by atoms with Gasteiger partial charge in [-0.3, -0.25) is 9.59 Å². The molecule has 2 amide bonds. The largest absolute Gasteiger partial charge is 0.396 e. The maximum atomic E-state index is 12.0. The van der Waals surface area contributed by atoms with Gasteiger partial charge in [-0.1, -0.05) is 6.58 Å². The van der Waals surface area contributed by atoms with Crippen LogP contribution in [0.4, 0.5) is 0 Å². The predicted octanol–water partition coefficient (Wildman–Crippen LogP) is 0.298. The van der Waals surface area contributed by atoms with E-state index in [2.05, 4.69) is 11.9 Å². The first-order chi connectivity index (χ1) is 9.13. The predicted molar refractivity (Wildman–Crippen MR) is 71.2 cm³/mol. The van der Waals surface area contributed by atoms with Crippen molar-refractivity contribution in [1.29, 1.82) is 0 Å². The first kappa shape index (κ1) is 14.1. The Morgan fingerprint density at radius 3 is 2.42 bits per heavy atom. The van der Waals surface area contributed by atoms with E-state index in [4.69, 9.17) is 5.11 Å². The minimum Gasteiger partial charge on any atom is -0.396 e. The van der Waals surface area contributed by atoms with Crippen LogP contribution < -0.4 is 5.32 Å². The zero-order valence-corrected chi connectivity index (χ0v) is 11.2. The highest BCUT2D eigenvalue weighted by Crippen LogP contribution is 2.24. The second kappa shape index (κ2) is 6.19. The Labute approximate surface area is 113 Å². The van der Waals surface area contributed by atoms with Crippen molar-refractivity contribution in [2.45, 2.75) is 31.7 Å². The van der Waals surface area contributed by atoms with Gasteiger partial charge in [0.1, 0.15) is 0 Å². The minimum absolute atomic E-state index is 0.0561. The van der Waals surface area contributed by atoms with E-state index in [1.54, 1.807) is 4.90 Å². The molecule has 1 saturated carbocycles. The van der Waals surface area contributed by atoms with Crippen LogP contribution in [-0.2, 0) is 9.59 Å². The topological polar surface area (TPSA) is 69.6 Å². The third kappa shape index (κ3) is 3.35. The van der Waals surface area contributed by atoms with Crippen LogP contribution in [0.2, 0.25) is 0 Å². The molecule has 5 nitrogen and oxygen atoms in total. The van der Waals surface area contributed by atoms with E-state index in [0.717, 1.165) is 25.7 Å². The third-order valence-corrected chi connectivity index (χ3v) is 4.19. The van der Waals surface area contributed by atoms with Gasteiger partial charge in [0.2, 0.25) is 11.8 Å². The maximum absolute atomic E-state index is 12.0. The van der Waals surface area contributed by atoms with Gasteiger partial charge in [0, 0.05) is 25.7 Å². The summed E-state index contributed by atoms with van der Waals surface area (Å²) in [6.45, 7) is 4.69. The Kier molecular flexibility index (Phi) is 4.58. The van der Waals surface area contributed by atoms with Crippen LogP contribution in [-0.4, -0.2) is 47.6 Å². The van der Waals surface area contributed by atoms with Gasteiger partial charge in [0.15, 0.2) is 0 Å². The molecule has 1 heterocycles. The molecule has 1 aliphatic heterocycles. The standard InChI is InChI=1S/C14H22N2O3/c1-2-13(18)16-7-11(8-16)14(19)15-12-5-3-10(9-17)4-6-12/h2,10-12,17H,1,3-9H2,(H,15,19). The molecule has 19 heavy (non-hydrogen) atoms. The first-order valence-corrected chi connectivity index (χ1v) is 6.96. The second-order valence-corrected chi connectivity index (χ2v) is 5.55. The number of aliphatic hydroxyl groups excluding tert-OH is 1. The number of nitrogens with zero attached hydrogens (tertiary/aromatic N) is 1. The highest BCUT2D eigenvalue weighted by atomic mass is 16.3. The molecular formula is C14H22N2O3. The van der Waals surface area contributed by atoms with Gasteiger partial charge in [-0.25, -0.2) is 0 Å². The van der Waals surface area contributed by atoms with E-state index in [1.807, 2.05) is 0 Å². The number of rotatable bonds is 4. The molecular weight excluding hydrogens is 244 g/mol. The van der Waals surface area contributed by atoms with Crippen molar-refractivity contribution in [3.63, 3.8) is 0 Å². The quantitative estimate of drug-likeness (QED) is 0.719. The summed E-state index contributed by atoms with van der Waals surface area (Å²) >= 11 is 0. The summed E-state index contributed by atoms with van der Waals surface area (Å²) in [7, 11) is 0. The van der Waals surface area contributed by atoms with E-state index in [0.29, 0.717) is 19.0 Å². The molecule has 2 fully saturated rings. The molecule has 2 rings (SSSR count). The number of aliphatic hydroxyl groups is 1. The van der Waals surface area contributed by atoms with E-state index < -0.39 is 0 Å². The van der Waals surface area contributed by atoms with Crippen molar-refractivity contribution in [3.8, 4) is 0 Å². The van der Waals surface area contributed by atoms with Gasteiger partial charge >= 0.3 is 0 Å². The molecule has 0 unspecified atom stereocenters. The van der Waals surface area contributed by atoms with Crippen LogP contribution in [0.1, 0.15) is 25.7 Å². The SMILES string of the molecule is C=CC(=O)N1CC(C(=O)NC2CCC(CO)CC2)C1. The fraction of sp³-hybridized carbons (Fsp3) is 0.714.